The van der Waals surface area contributed by atoms with Gasteiger partial charge in [0.1, 0.15) is 12.8 Å². The third-order valence-electron chi connectivity index (χ3n) is 5.19. The summed E-state index contributed by atoms with van der Waals surface area (Å²) < 4.78 is 22.9. The number of nitrogens with one attached hydrogen (secondary N) is 3. The molecule has 0 amide bonds. The summed E-state index contributed by atoms with van der Waals surface area (Å²) in [7, 11) is 0. The fourth-order valence-electron chi connectivity index (χ4n) is 4.00. The Hall–Kier alpha value is -0.980. The first-order valence-electron chi connectivity index (χ1n) is 8.93. The Morgan fingerprint density at radius 1 is 1.04 bits per heavy atom. The molecule has 0 aromatic carbocycles. The van der Waals surface area contributed by atoms with E-state index in [1.54, 1.807) is 0 Å². The van der Waals surface area contributed by atoms with Gasteiger partial charge in [-0.1, -0.05) is 5.06 Å². The second kappa shape index (κ2) is 6.97. The van der Waals surface area contributed by atoms with Crippen LogP contribution in [0.15, 0.2) is 11.5 Å². The van der Waals surface area contributed by atoms with Crippen LogP contribution in [-0.4, -0.2) is 94.1 Å². The first kappa shape index (κ1) is 16.2. The molecule has 140 valence electrons. The molecule has 10 heteroatoms. The molecule has 0 radical (unpaired) electrons. The number of nitrogens with zero attached hydrogens (tertiary/aromatic N) is 2. The van der Waals surface area contributed by atoms with Crippen molar-refractivity contribution in [2.75, 3.05) is 59.6 Å². The highest BCUT2D eigenvalue weighted by molar-refractivity contribution is 5.28. The van der Waals surface area contributed by atoms with Crippen LogP contribution in [0.2, 0.25) is 0 Å². The molecule has 0 aliphatic carbocycles. The van der Waals surface area contributed by atoms with E-state index in [-0.39, 0.29) is 24.5 Å². The maximum absolute atomic E-state index is 6.35. The third kappa shape index (κ3) is 2.92. The number of hydrogen-bond donors (Lipinski definition) is 3. The molecule has 3 N–H and O–H groups in total. The summed E-state index contributed by atoms with van der Waals surface area (Å²) >= 11 is 0. The Morgan fingerprint density at radius 2 is 2.04 bits per heavy atom. The third-order valence-corrected chi connectivity index (χ3v) is 5.19. The van der Waals surface area contributed by atoms with Gasteiger partial charge in [0.25, 0.3) is 0 Å². The number of hydrogen-bond acceptors (Lipinski definition) is 10. The fraction of sp³-hybridized carbons (Fsp3) is 0.867. The second-order valence-corrected chi connectivity index (χ2v) is 6.71. The lowest BCUT2D eigenvalue weighted by atomic mass is 9.95. The summed E-state index contributed by atoms with van der Waals surface area (Å²) in [6, 6.07) is 0.0385. The maximum Gasteiger partial charge on any atom is 0.219 e. The van der Waals surface area contributed by atoms with Gasteiger partial charge in [0.2, 0.25) is 5.88 Å². The SMILES string of the molecule is C1COC(N2OC(N3CCOC3)=C(C3COCN3)C2C2CNCO2)N1. The van der Waals surface area contributed by atoms with Gasteiger partial charge in [-0.25, -0.2) is 0 Å². The van der Waals surface area contributed by atoms with E-state index < -0.39 is 0 Å². The molecule has 5 aliphatic rings. The molecule has 0 aromatic rings. The topological polar surface area (TPSA) is 88.7 Å². The van der Waals surface area contributed by atoms with Crippen molar-refractivity contribution < 1.29 is 23.8 Å². The monoisotopic (exact) mass is 355 g/mol. The van der Waals surface area contributed by atoms with E-state index in [1.165, 1.54) is 0 Å². The van der Waals surface area contributed by atoms with Gasteiger partial charge in [0.15, 0.2) is 6.35 Å². The lowest BCUT2D eigenvalue weighted by Gasteiger charge is -2.32. The Bertz CT molecular complexity index is 510. The molecular weight excluding hydrogens is 330 g/mol. The largest absolute Gasteiger partial charge is 0.383 e. The van der Waals surface area contributed by atoms with Gasteiger partial charge in [-0.3, -0.25) is 16.0 Å². The molecule has 0 bridgehead atoms. The van der Waals surface area contributed by atoms with E-state index in [0.717, 1.165) is 31.1 Å². The van der Waals surface area contributed by atoms with Crippen molar-refractivity contribution in [1.29, 1.82) is 0 Å². The van der Waals surface area contributed by atoms with Crippen LogP contribution < -0.4 is 16.0 Å². The molecule has 25 heavy (non-hydrogen) atoms. The fourth-order valence-corrected chi connectivity index (χ4v) is 4.00. The molecule has 4 saturated heterocycles. The first-order chi connectivity index (χ1) is 12.4. The van der Waals surface area contributed by atoms with E-state index in [1.807, 2.05) is 5.06 Å². The van der Waals surface area contributed by atoms with Gasteiger partial charge < -0.3 is 28.7 Å². The normalized spacial score (nSPS) is 39.8. The lowest BCUT2D eigenvalue weighted by molar-refractivity contribution is -0.244. The molecule has 4 fully saturated rings. The molecule has 0 aromatic heterocycles. The first-order valence-corrected chi connectivity index (χ1v) is 8.93. The Balaban J connectivity index is 1.50. The molecule has 0 spiro atoms. The highest BCUT2D eigenvalue weighted by Gasteiger charge is 2.50. The quantitative estimate of drug-likeness (QED) is 0.521. The summed E-state index contributed by atoms with van der Waals surface area (Å²) in [6.07, 6.45) is -0.294. The summed E-state index contributed by atoms with van der Waals surface area (Å²) in [5, 5.41) is 12.0. The van der Waals surface area contributed by atoms with Crippen molar-refractivity contribution in [3.8, 4) is 0 Å². The van der Waals surface area contributed by atoms with E-state index in [9.17, 15) is 0 Å². The van der Waals surface area contributed by atoms with Crippen molar-refractivity contribution in [3.05, 3.63) is 11.5 Å². The Kier molecular flexibility index (Phi) is 4.52. The summed E-state index contributed by atoms with van der Waals surface area (Å²) in [6.45, 7) is 6.04. The lowest BCUT2D eigenvalue weighted by Crippen LogP contribution is -2.53. The van der Waals surface area contributed by atoms with Crippen molar-refractivity contribution in [1.82, 2.24) is 25.9 Å². The van der Waals surface area contributed by atoms with Crippen molar-refractivity contribution >= 4 is 0 Å². The summed E-state index contributed by atoms with van der Waals surface area (Å²) in [5.74, 6) is 0.846. The molecule has 4 unspecified atom stereocenters. The highest BCUT2D eigenvalue weighted by atomic mass is 16.7. The van der Waals surface area contributed by atoms with Crippen LogP contribution in [0.5, 0.6) is 0 Å². The minimum atomic E-state index is -0.285. The Morgan fingerprint density at radius 3 is 2.72 bits per heavy atom. The zero-order valence-corrected chi connectivity index (χ0v) is 14.1. The zero-order valence-electron chi connectivity index (χ0n) is 14.1. The highest BCUT2D eigenvalue weighted by Crippen LogP contribution is 2.37. The standard InChI is InChI=1S/C15H25N5O5/c1-3-23-15(17-1)20-13(11-5-16-7-24-11)12(10-6-22-8-18-10)14(25-20)19-2-4-21-9-19/h10-11,13,15-18H,1-9H2. The van der Waals surface area contributed by atoms with Crippen LogP contribution in [0.1, 0.15) is 0 Å². The predicted molar refractivity (Wildman–Crippen MR) is 84.5 cm³/mol. The molecular formula is C15H25N5O5. The minimum absolute atomic E-state index is 0.00979. The molecule has 4 atom stereocenters. The van der Waals surface area contributed by atoms with Crippen LogP contribution in [0.4, 0.5) is 0 Å². The summed E-state index contributed by atoms with van der Waals surface area (Å²) in [5.41, 5.74) is 1.16. The second-order valence-electron chi connectivity index (χ2n) is 6.71. The molecule has 0 saturated carbocycles. The average Bonchev–Trinajstić information content (AvgIpc) is 3.48. The molecule has 5 rings (SSSR count). The molecule has 5 heterocycles. The number of ether oxygens (including phenoxy) is 4. The number of rotatable bonds is 4. The van der Waals surface area contributed by atoms with Crippen LogP contribution in [0.3, 0.4) is 0 Å². The Labute approximate surface area is 146 Å². The van der Waals surface area contributed by atoms with Gasteiger partial charge in [-0.15, -0.1) is 0 Å². The van der Waals surface area contributed by atoms with Gasteiger partial charge >= 0.3 is 0 Å². The van der Waals surface area contributed by atoms with Crippen LogP contribution in [0.25, 0.3) is 0 Å². The van der Waals surface area contributed by atoms with Crippen LogP contribution in [0, 0.1) is 0 Å². The van der Waals surface area contributed by atoms with Crippen molar-refractivity contribution in [2.24, 2.45) is 0 Å². The maximum atomic E-state index is 6.35. The van der Waals surface area contributed by atoms with Crippen LogP contribution >= 0.6 is 0 Å². The van der Waals surface area contributed by atoms with E-state index in [4.69, 9.17) is 23.8 Å². The van der Waals surface area contributed by atoms with Crippen molar-refractivity contribution in [2.45, 2.75) is 24.5 Å². The van der Waals surface area contributed by atoms with E-state index >= 15 is 0 Å². The smallest absolute Gasteiger partial charge is 0.219 e. The molecule has 5 aliphatic heterocycles. The molecule has 10 nitrogen and oxygen atoms in total. The summed E-state index contributed by atoms with van der Waals surface area (Å²) in [4.78, 5) is 8.49. The van der Waals surface area contributed by atoms with Crippen molar-refractivity contribution in [3.63, 3.8) is 0 Å². The predicted octanol–water partition coefficient (Wildman–Crippen LogP) is -2.10. The number of hydroxylamine groups is 2. The zero-order chi connectivity index (χ0) is 16.6. The van der Waals surface area contributed by atoms with Gasteiger partial charge in [0.05, 0.1) is 45.4 Å². The average molecular weight is 355 g/mol. The van der Waals surface area contributed by atoms with E-state index in [0.29, 0.717) is 40.0 Å². The van der Waals surface area contributed by atoms with Gasteiger partial charge in [0, 0.05) is 25.2 Å². The van der Waals surface area contributed by atoms with Gasteiger partial charge in [-0.2, -0.15) is 0 Å². The minimum Gasteiger partial charge on any atom is -0.383 e. The van der Waals surface area contributed by atoms with E-state index in [2.05, 4.69) is 20.9 Å². The van der Waals surface area contributed by atoms with Gasteiger partial charge in [-0.05, 0) is 0 Å². The van der Waals surface area contributed by atoms with Crippen LogP contribution in [-0.2, 0) is 23.8 Å².